The molecule has 0 radical (unpaired) electrons. The zero-order chi connectivity index (χ0) is 26.3. The molecule has 3 aliphatic rings. The number of ketones is 2. The van der Waals surface area contributed by atoms with Crippen molar-refractivity contribution in [3.8, 4) is 0 Å². The third kappa shape index (κ3) is 4.65. The van der Waals surface area contributed by atoms with Crippen molar-refractivity contribution >= 4 is 23.5 Å². The summed E-state index contributed by atoms with van der Waals surface area (Å²) in [6, 6.07) is 0. The average molecular weight is 487 g/mol. The number of ether oxygens (including phenoxy) is 2. The fourth-order valence-electron chi connectivity index (χ4n) is 7.60. The molecular weight excluding hydrogens is 444 g/mol. The summed E-state index contributed by atoms with van der Waals surface area (Å²) in [4.78, 5) is 51.2. The number of rotatable bonds is 6. The minimum Gasteiger partial charge on any atom is -0.462 e. The summed E-state index contributed by atoms with van der Waals surface area (Å²) >= 11 is 0. The van der Waals surface area contributed by atoms with Gasteiger partial charge in [-0.15, -0.1) is 0 Å². The Bertz CT molecular complexity index is 958. The Balaban J connectivity index is 2.13. The number of allylic oxidation sites excluding steroid dienone is 3. The molecule has 8 atom stereocenters. The van der Waals surface area contributed by atoms with Crippen LogP contribution in [0, 0.1) is 34.0 Å². The van der Waals surface area contributed by atoms with Crippen molar-refractivity contribution in [2.24, 2.45) is 34.0 Å². The van der Waals surface area contributed by atoms with Crippen molar-refractivity contribution in [3.05, 3.63) is 23.8 Å². The first-order valence-electron chi connectivity index (χ1n) is 12.9. The highest BCUT2D eigenvalue weighted by Gasteiger charge is 2.70. The van der Waals surface area contributed by atoms with Gasteiger partial charge in [0.15, 0.2) is 17.7 Å². The van der Waals surface area contributed by atoms with Gasteiger partial charge < -0.3 is 9.47 Å². The SMILES string of the molecule is CC(=O)OC(CC=C(C)C)C[C@@]1(C)CCCC2[C@]1(C)C(=O)[C@@H](OC(C)=O)[C@H]1[C@H](C)C(=O)C=C[C@]21C. The highest BCUT2D eigenvalue weighted by Crippen LogP contribution is 2.68. The lowest BCUT2D eigenvalue weighted by atomic mass is 9.38. The first-order chi connectivity index (χ1) is 16.2. The molecule has 2 unspecified atom stereocenters. The summed E-state index contributed by atoms with van der Waals surface area (Å²) in [6.45, 7) is 14.9. The van der Waals surface area contributed by atoms with Crippen molar-refractivity contribution in [1.82, 2.24) is 0 Å². The van der Waals surface area contributed by atoms with Crippen LogP contribution in [0.2, 0.25) is 0 Å². The summed E-state index contributed by atoms with van der Waals surface area (Å²) in [5.41, 5.74) is -0.628. The van der Waals surface area contributed by atoms with E-state index in [-0.39, 0.29) is 29.6 Å². The van der Waals surface area contributed by atoms with E-state index in [0.29, 0.717) is 12.8 Å². The number of carbonyl (C=O) groups is 4. The maximum Gasteiger partial charge on any atom is 0.303 e. The van der Waals surface area contributed by atoms with Crippen molar-refractivity contribution in [2.75, 3.05) is 0 Å². The van der Waals surface area contributed by atoms with E-state index in [0.717, 1.165) is 24.8 Å². The van der Waals surface area contributed by atoms with E-state index < -0.39 is 40.2 Å². The van der Waals surface area contributed by atoms with Gasteiger partial charge in [-0.3, -0.25) is 19.2 Å². The number of esters is 2. The van der Waals surface area contributed by atoms with Crippen molar-refractivity contribution in [1.29, 1.82) is 0 Å². The summed E-state index contributed by atoms with van der Waals surface area (Å²) in [7, 11) is 0. The molecule has 0 saturated heterocycles. The summed E-state index contributed by atoms with van der Waals surface area (Å²) in [5, 5.41) is 0. The standard InChI is InChI=1S/C29H42O6/c1-17(2)11-12-21(34-19(4)30)16-27(6)14-9-10-23-28(7)15-13-22(32)18(3)24(28)25(35-20(5)31)26(33)29(23,27)8/h11,13,15,18,21,23-25H,9-10,12,14,16H2,1-8H3/t18-,21?,23?,24-,25+,27-,28-,29-/m1/s1. The Hall–Kier alpha value is -2.24. The fourth-order valence-corrected chi connectivity index (χ4v) is 7.60. The molecule has 0 aromatic carbocycles. The molecule has 2 fully saturated rings. The van der Waals surface area contributed by atoms with E-state index in [2.05, 4.69) is 19.9 Å². The molecule has 0 spiro atoms. The molecule has 0 bridgehead atoms. The van der Waals surface area contributed by atoms with E-state index in [4.69, 9.17) is 9.47 Å². The van der Waals surface area contributed by atoms with Gasteiger partial charge in [0, 0.05) is 37.5 Å². The molecule has 0 heterocycles. The van der Waals surface area contributed by atoms with E-state index >= 15 is 0 Å². The quantitative estimate of drug-likeness (QED) is 0.370. The molecule has 0 aliphatic heterocycles. The Kier molecular flexibility index (Phi) is 7.55. The molecular formula is C29H42O6. The zero-order valence-electron chi connectivity index (χ0n) is 22.6. The van der Waals surface area contributed by atoms with Gasteiger partial charge in [0.2, 0.25) is 0 Å². The van der Waals surface area contributed by atoms with Gasteiger partial charge in [-0.25, -0.2) is 0 Å². The molecule has 0 aromatic rings. The van der Waals surface area contributed by atoms with Gasteiger partial charge in [0.05, 0.1) is 0 Å². The van der Waals surface area contributed by atoms with Crippen LogP contribution in [0.25, 0.3) is 0 Å². The molecule has 6 heteroatoms. The third-order valence-corrected chi connectivity index (χ3v) is 9.42. The van der Waals surface area contributed by atoms with Gasteiger partial charge in [-0.2, -0.15) is 0 Å². The summed E-state index contributed by atoms with van der Waals surface area (Å²) in [5.74, 6) is -1.81. The first-order valence-corrected chi connectivity index (χ1v) is 12.9. The molecule has 35 heavy (non-hydrogen) atoms. The molecule has 2 saturated carbocycles. The van der Waals surface area contributed by atoms with E-state index in [1.807, 2.05) is 33.8 Å². The minimum absolute atomic E-state index is 0.0220. The second-order valence-electron chi connectivity index (χ2n) is 12.0. The van der Waals surface area contributed by atoms with Crippen LogP contribution in [0.5, 0.6) is 0 Å². The van der Waals surface area contributed by atoms with Crippen molar-refractivity contribution in [2.45, 2.75) is 99.7 Å². The summed E-state index contributed by atoms with van der Waals surface area (Å²) < 4.78 is 11.5. The molecule has 194 valence electrons. The fraction of sp³-hybridized carbons (Fsp3) is 0.724. The van der Waals surface area contributed by atoms with Crippen molar-refractivity contribution in [3.63, 3.8) is 0 Å². The van der Waals surface area contributed by atoms with E-state index in [9.17, 15) is 19.2 Å². The average Bonchev–Trinajstić information content (AvgIpc) is 2.74. The number of hydrogen-bond acceptors (Lipinski definition) is 6. The van der Waals surface area contributed by atoms with Crippen LogP contribution in [0.4, 0.5) is 0 Å². The Labute approximate surface area is 209 Å². The van der Waals surface area contributed by atoms with Crippen molar-refractivity contribution < 1.29 is 28.7 Å². The molecule has 6 nitrogen and oxygen atoms in total. The smallest absolute Gasteiger partial charge is 0.303 e. The van der Waals surface area contributed by atoms with Gasteiger partial charge >= 0.3 is 11.9 Å². The topological polar surface area (TPSA) is 86.7 Å². The number of hydrogen-bond donors (Lipinski definition) is 0. The highest BCUT2D eigenvalue weighted by atomic mass is 16.5. The molecule has 0 N–H and O–H groups in total. The lowest BCUT2D eigenvalue weighted by molar-refractivity contribution is -0.206. The Morgan fingerprint density at radius 2 is 1.77 bits per heavy atom. The van der Waals surface area contributed by atoms with Gasteiger partial charge in [-0.1, -0.05) is 51.8 Å². The van der Waals surface area contributed by atoms with Gasteiger partial charge in [0.1, 0.15) is 6.10 Å². The Morgan fingerprint density at radius 1 is 1.11 bits per heavy atom. The molecule has 3 rings (SSSR count). The highest BCUT2D eigenvalue weighted by molar-refractivity contribution is 5.97. The van der Waals surface area contributed by atoms with E-state index in [1.165, 1.54) is 13.8 Å². The second-order valence-corrected chi connectivity index (χ2v) is 12.0. The first kappa shape index (κ1) is 27.3. The monoisotopic (exact) mass is 486 g/mol. The van der Waals surface area contributed by atoms with E-state index in [1.54, 1.807) is 6.08 Å². The number of carbonyl (C=O) groups excluding carboxylic acids is 4. The minimum atomic E-state index is -0.981. The molecule has 3 aliphatic carbocycles. The van der Waals surface area contributed by atoms with Crippen LogP contribution < -0.4 is 0 Å². The molecule has 0 aromatic heterocycles. The lowest BCUT2D eigenvalue weighted by Crippen LogP contribution is -2.69. The lowest BCUT2D eigenvalue weighted by Gasteiger charge is -2.65. The number of fused-ring (bicyclic) bond motifs is 3. The van der Waals surface area contributed by atoms with Gasteiger partial charge in [0.25, 0.3) is 0 Å². The third-order valence-electron chi connectivity index (χ3n) is 9.42. The predicted molar refractivity (Wildman–Crippen MR) is 133 cm³/mol. The normalized spacial score (nSPS) is 39.2. The maximum absolute atomic E-state index is 14.4. The van der Waals surface area contributed by atoms with Crippen LogP contribution in [0.1, 0.15) is 87.5 Å². The zero-order valence-corrected chi connectivity index (χ0v) is 22.6. The predicted octanol–water partition coefficient (Wildman–Crippen LogP) is 5.39. The summed E-state index contributed by atoms with van der Waals surface area (Å²) in [6.07, 6.45) is 8.11. The number of Topliss-reactive ketones (excluding diaryl/α,β-unsaturated/α-hetero) is 1. The Morgan fingerprint density at radius 3 is 2.34 bits per heavy atom. The maximum atomic E-state index is 14.4. The van der Waals surface area contributed by atoms with Crippen LogP contribution in [0.15, 0.2) is 23.8 Å². The second kappa shape index (κ2) is 9.67. The van der Waals surface area contributed by atoms with Crippen LogP contribution in [-0.4, -0.2) is 35.7 Å². The largest absolute Gasteiger partial charge is 0.462 e. The van der Waals surface area contributed by atoms with Gasteiger partial charge in [-0.05, 0) is 55.9 Å². The van der Waals surface area contributed by atoms with Crippen LogP contribution in [-0.2, 0) is 28.7 Å². The van der Waals surface area contributed by atoms with Crippen LogP contribution >= 0.6 is 0 Å². The molecule has 0 amide bonds. The van der Waals surface area contributed by atoms with Crippen LogP contribution in [0.3, 0.4) is 0 Å².